The predicted molar refractivity (Wildman–Crippen MR) is 86.9 cm³/mol. The number of hydrogen-bond donors (Lipinski definition) is 1. The van der Waals surface area contributed by atoms with Crippen LogP contribution >= 0.6 is 0 Å². The zero-order valence-corrected chi connectivity index (χ0v) is 13.9. The van der Waals surface area contributed by atoms with Gasteiger partial charge in [-0.15, -0.1) is 0 Å². The van der Waals surface area contributed by atoms with E-state index >= 15 is 0 Å². The van der Waals surface area contributed by atoms with Crippen LogP contribution in [0, 0.1) is 6.92 Å². The van der Waals surface area contributed by atoms with Gasteiger partial charge in [-0.25, -0.2) is 4.98 Å². The van der Waals surface area contributed by atoms with E-state index in [0.717, 1.165) is 70.4 Å². The fraction of sp³-hybridized carbons (Fsp3) is 0.812. The Balaban J connectivity index is 2.23. The topological polar surface area (TPSA) is 48.3 Å². The third kappa shape index (κ3) is 8.07. The van der Waals surface area contributed by atoms with Gasteiger partial charge < -0.3 is 19.4 Å². The van der Waals surface area contributed by atoms with E-state index in [2.05, 4.69) is 28.0 Å². The summed E-state index contributed by atoms with van der Waals surface area (Å²) in [5.74, 6) is 0.956. The van der Waals surface area contributed by atoms with Crippen LogP contribution in [0.2, 0.25) is 0 Å². The highest BCUT2D eigenvalue weighted by atomic mass is 16.5. The zero-order chi connectivity index (χ0) is 15.3. The molecule has 1 heterocycles. The molecule has 0 fully saturated rings. The predicted octanol–water partition coefficient (Wildman–Crippen LogP) is 3.24. The lowest BCUT2D eigenvalue weighted by Gasteiger charge is -2.10. The molecule has 0 aliphatic heterocycles. The van der Waals surface area contributed by atoms with Crippen LogP contribution in [0.5, 0.6) is 0 Å². The third-order valence-electron chi connectivity index (χ3n) is 3.18. The normalized spacial score (nSPS) is 11.0. The van der Waals surface area contributed by atoms with E-state index in [4.69, 9.17) is 9.47 Å². The maximum atomic E-state index is 5.60. The summed E-state index contributed by atoms with van der Waals surface area (Å²) in [7, 11) is 0. The number of aryl methyl sites for hydroxylation is 2. The Morgan fingerprint density at radius 1 is 1.10 bits per heavy atom. The zero-order valence-electron chi connectivity index (χ0n) is 13.9. The van der Waals surface area contributed by atoms with Crippen LogP contribution in [0.3, 0.4) is 0 Å². The number of imidazole rings is 1. The van der Waals surface area contributed by atoms with Gasteiger partial charge in [-0.3, -0.25) is 0 Å². The minimum absolute atomic E-state index is 0.783. The molecule has 1 aromatic heterocycles. The van der Waals surface area contributed by atoms with Crippen molar-refractivity contribution in [2.24, 2.45) is 0 Å². The van der Waals surface area contributed by atoms with Crippen LogP contribution in [-0.4, -0.2) is 42.5 Å². The Bertz CT molecular complexity index is 366. The van der Waals surface area contributed by atoms with Gasteiger partial charge in [-0.2, -0.15) is 0 Å². The van der Waals surface area contributed by atoms with Crippen LogP contribution in [0.25, 0.3) is 0 Å². The molecule has 122 valence electrons. The first-order chi connectivity index (χ1) is 10.3. The monoisotopic (exact) mass is 297 g/mol. The molecule has 0 aliphatic carbocycles. The maximum absolute atomic E-state index is 5.60. The highest BCUT2D eigenvalue weighted by molar-refractivity contribution is 5.28. The first-order valence-corrected chi connectivity index (χ1v) is 8.21. The molecule has 0 unspecified atom stereocenters. The molecule has 0 atom stereocenters. The quantitative estimate of drug-likeness (QED) is 0.568. The Labute approximate surface area is 129 Å². The van der Waals surface area contributed by atoms with Gasteiger partial charge in [-0.05, 0) is 33.1 Å². The number of ether oxygens (including phenoxy) is 2. The molecule has 5 nitrogen and oxygen atoms in total. The molecule has 0 aliphatic rings. The summed E-state index contributed by atoms with van der Waals surface area (Å²) in [6.07, 6.45) is 6.46. The summed E-state index contributed by atoms with van der Waals surface area (Å²) in [6.45, 7) is 11.3. The average Bonchev–Trinajstić information content (AvgIpc) is 2.82. The molecule has 0 saturated heterocycles. The van der Waals surface area contributed by atoms with Gasteiger partial charge in [0, 0.05) is 45.7 Å². The van der Waals surface area contributed by atoms with Gasteiger partial charge in [0.25, 0.3) is 0 Å². The standard InChI is InChI=1S/C16H31N3O2/c1-4-6-11-21-13-8-10-19-14-15(3)18-16(19)17-9-7-12-20-5-2/h14H,4-13H2,1-3H3,(H,17,18). The number of unbranched alkanes of at least 4 members (excludes halogenated alkanes) is 1. The summed E-state index contributed by atoms with van der Waals surface area (Å²) in [5, 5.41) is 3.39. The van der Waals surface area contributed by atoms with Crippen molar-refractivity contribution in [2.45, 2.75) is 53.0 Å². The lowest BCUT2D eigenvalue weighted by Crippen LogP contribution is -2.11. The number of aromatic nitrogens is 2. The van der Waals surface area contributed by atoms with Crippen molar-refractivity contribution < 1.29 is 9.47 Å². The van der Waals surface area contributed by atoms with Crippen molar-refractivity contribution in [1.29, 1.82) is 0 Å². The molecular formula is C16H31N3O2. The third-order valence-corrected chi connectivity index (χ3v) is 3.18. The minimum Gasteiger partial charge on any atom is -0.382 e. The van der Waals surface area contributed by atoms with E-state index < -0.39 is 0 Å². The van der Waals surface area contributed by atoms with Crippen molar-refractivity contribution in [1.82, 2.24) is 9.55 Å². The van der Waals surface area contributed by atoms with Gasteiger partial charge in [0.05, 0.1) is 5.69 Å². The van der Waals surface area contributed by atoms with Crippen molar-refractivity contribution in [3.8, 4) is 0 Å². The number of anilines is 1. The molecule has 1 aromatic rings. The number of rotatable bonds is 13. The fourth-order valence-electron chi connectivity index (χ4n) is 2.06. The maximum Gasteiger partial charge on any atom is 0.203 e. The Morgan fingerprint density at radius 2 is 1.86 bits per heavy atom. The first-order valence-electron chi connectivity index (χ1n) is 8.21. The molecule has 0 radical (unpaired) electrons. The van der Waals surface area contributed by atoms with Crippen LogP contribution in [-0.2, 0) is 16.0 Å². The largest absolute Gasteiger partial charge is 0.382 e. The highest BCUT2D eigenvalue weighted by Crippen LogP contribution is 2.09. The van der Waals surface area contributed by atoms with E-state index in [-0.39, 0.29) is 0 Å². The summed E-state index contributed by atoms with van der Waals surface area (Å²) in [4.78, 5) is 4.53. The highest BCUT2D eigenvalue weighted by Gasteiger charge is 2.04. The van der Waals surface area contributed by atoms with E-state index in [0.29, 0.717) is 0 Å². The van der Waals surface area contributed by atoms with E-state index in [9.17, 15) is 0 Å². The first kappa shape index (κ1) is 18.0. The van der Waals surface area contributed by atoms with Crippen LogP contribution in [0.4, 0.5) is 5.95 Å². The summed E-state index contributed by atoms with van der Waals surface area (Å²) in [6, 6.07) is 0. The lowest BCUT2D eigenvalue weighted by atomic mass is 10.3. The molecule has 0 aromatic carbocycles. The van der Waals surface area contributed by atoms with Crippen molar-refractivity contribution >= 4 is 5.95 Å². The van der Waals surface area contributed by atoms with Crippen LogP contribution in [0.15, 0.2) is 6.20 Å². The molecule has 5 heteroatoms. The van der Waals surface area contributed by atoms with Crippen molar-refractivity contribution in [3.05, 3.63) is 11.9 Å². The number of nitrogens with one attached hydrogen (secondary N) is 1. The van der Waals surface area contributed by atoms with Crippen LogP contribution in [0.1, 0.15) is 45.2 Å². The SMILES string of the molecule is CCCCOCCCn1cc(C)nc1NCCCOCC. The van der Waals surface area contributed by atoms with Crippen molar-refractivity contribution in [2.75, 3.05) is 38.3 Å². The van der Waals surface area contributed by atoms with Gasteiger partial charge >= 0.3 is 0 Å². The molecule has 1 N–H and O–H groups in total. The second kappa shape index (κ2) is 11.6. The molecule has 0 spiro atoms. The minimum atomic E-state index is 0.783. The second-order valence-corrected chi connectivity index (χ2v) is 5.20. The molecule has 0 bridgehead atoms. The van der Waals surface area contributed by atoms with Crippen molar-refractivity contribution in [3.63, 3.8) is 0 Å². The van der Waals surface area contributed by atoms with Crippen LogP contribution < -0.4 is 5.32 Å². The fourth-order valence-corrected chi connectivity index (χ4v) is 2.06. The summed E-state index contributed by atoms with van der Waals surface area (Å²) in [5.41, 5.74) is 1.05. The summed E-state index contributed by atoms with van der Waals surface area (Å²) < 4.78 is 13.1. The number of nitrogens with zero attached hydrogens (tertiary/aromatic N) is 2. The van der Waals surface area contributed by atoms with Gasteiger partial charge in [0.2, 0.25) is 5.95 Å². The Hall–Kier alpha value is -1.07. The lowest BCUT2D eigenvalue weighted by molar-refractivity contribution is 0.126. The second-order valence-electron chi connectivity index (χ2n) is 5.20. The summed E-state index contributed by atoms with van der Waals surface area (Å²) >= 11 is 0. The number of hydrogen-bond acceptors (Lipinski definition) is 4. The molecule has 0 amide bonds. The molecule has 1 rings (SSSR count). The smallest absolute Gasteiger partial charge is 0.203 e. The average molecular weight is 297 g/mol. The van der Waals surface area contributed by atoms with E-state index in [1.807, 2.05) is 13.8 Å². The van der Waals surface area contributed by atoms with E-state index in [1.165, 1.54) is 6.42 Å². The molecule has 21 heavy (non-hydrogen) atoms. The Kier molecular flexibility index (Phi) is 9.91. The van der Waals surface area contributed by atoms with Gasteiger partial charge in [0.15, 0.2) is 0 Å². The Morgan fingerprint density at radius 3 is 2.62 bits per heavy atom. The van der Waals surface area contributed by atoms with Gasteiger partial charge in [-0.1, -0.05) is 13.3 Å². The van der Waals surface area contributed by atoms with E-state index in [1.54, 1.807) is 0 Å². The van der Waals surface area contributed by atoms with Gasteiger partial charge in [0.1, 0.15) is 0 Å². The molecule has 0 saturated carbocycles. The molecular weight excluding hydrogens is 266 g/mol.